The number of hydrogen-bond acceptors (Lipinski definition) is 7. The van der Waals surface area contributed by atoms with Gasteiger partial charge in [0, 0.05) is 13.7 Å². The van der Waals surface area contributed by atoms with Gasteiger partial charge in [-0.1, -0.05) is 6.07 Å². The second-order valence-electron chi connectivity index (χ2n) is 7.36. The zero-order chi connectivity index (χ0) is 22.6. The van der Waals surface area contributed by atoms with Gasteiger partial charge in [0.15, 0.2) is 15.4 Å². The molecule has 0 aliphatic carbocycles. The molecule has 10 heteroatoms. The van der Waals surface area contributed by atoms with Crippen LogP contribution in [0.4, 0.5) is 4.39 Å². The standard InChI is InChI=1S/C21H25FN2O6S/c1-14-11-16(22)4-3-15(14)12-30-17-5-7-18(8-6-17)31(27,28)19-9-10-23-13-21(19,29-2)20(25)24-26/h3-8,11,19,23,26H,9-10,12-13H2,1-2H3,(H,24,25). The van der Waals surface area contributed by atoms with Crippen molar-refractivity contribution in [3.8, 4) is 5.75 Å². The first-order valence-corrected chi connectivity index (χ1v) is 11.2. The maximum absolute atomic E-state index is 13.3. The Morgan fingerprint density at radius 2 is 2.00 bits per heavy atom. The van der Waals surface area contributed by atoms with E-state index in [0.717, 1.165) is 11.1 Å². The number of methoxy groups -OCH3 is 1. The average molecular weight is 453 g/mol. The van der Waals surface area contributed by atoms with E-state index < -0.39 is 26.6 Å². The van der Waals surface area contributed by atoms with Crippen LogP contribution in [0.15, 0.2) is 47.4 Å². The molecular formula is C21H25FN2O6S. The summed E-state index contributed by atoms with van der Waals surface area (Å²) in [6.45, 7) is 2.31. The van der Waals surface area contributed by atoms with Gasteiger partial charge in [-0.25, -0.2) is 18.3 Å². The molecule has 2 aromatic carbocycles. The first-order chi connectivity index (χ1) is 14.7. The molecule has 0 saturated carbocycles. The highest BCUT2D eigenvalue weighted by atomic mass is 32.2. The Bertz CT molecular complexity index is 1040. The zero-order valence-electron chi connectivity index (χ0n) is 17.2. The summed E-state index contributed by atoms with van der Waals surface area (Å²) in [5.41, 5.74) is 1.32. The van der Waals surface area contributed by atoms with Crippen LogP contribution >= 0.6 is 0 Å². The highest BCUT2D eigenvalue weighted by molar-refractivity contribution is 7.92. The van der Waals surface area contributed by atoms with Gasteiger partial charge in [-0.15, -0.1) is 0 Å². The molecule has 0 radical (unpaired) electrons. The number of rotatable bonds is 7. The quantitative estimate of drug-likeness (QED) is 0.433. The lowest BCUT2D eigenvalue weighted by atomic mass is 9.92. The summed E-state index contributed by atoms with van der Waals surface area (Å²) in [6, 6.07) is 10.3. The molecule has 0 spiro atoms. The van der Waals surface area contributed by atoms with Crippen molar-refractivity contribution < 1.29 is 32.3 Å². The maximum atomic E-state index is 13.3. The molecule has 168 valence electrons. The van der Waals surface area contributed by atoms with Crippen LogP contribution in [0, 0.1) is 12.7 Å². The number of aryl methyl sites for hydroxylation is 1. The van der Waals surface area contributed by atoms with Crippen LogP contribution < -0.4 is 15.5 Å². The molecule has 1 amide bonds. The van der Waals surface area contributed by atoms with Crippen LogP contribution in [0.2, 0.25) is 0 Å². The van der Waals surface area contributed by atoms with E-state index in [1.807, 2.05) is 0 Å². The van der Waals surface area contributed by atoms with Crippen molar-refractivity contribution in [2.75, 3.05) is 20.2 Å². The number of carbonyl (C=O) groups excluding carboxylic acids is 1. The van der Waals surface area contributed by atoms with Crippen molar-refractivity contribution >= 4 is 15.7 Å². The number of nitrogens with one attached hydrogen (secondary N) is 2. The first kappa shape index (κ1) is 23.1. The van der Waals surface area contributed by atoms with Crippen molar-refractivity contribution in [3.05, 3.63) is 59.4 Å². The summed E-state index contributed by atoms with van der Waals surface area (Å²) >= 11 is 0. The molecule has 31 heavy (non-hydrogen) atoms. The lowest BCUT2D eigenvalue weighted by Crippen LogP contribution is -2.66. The molecule has 3 rings (SSSR count). The molecule has 1 aliphatic rings. The van der Waals surface area contributed by atoms with E-state index in [0.29, 0.717) is 12.3 Å². The van der Waals surface area contributed by atoms with Gasteiger partial charge in [-0.3, -0.25) is 10.0 Å². The summed E-state index contributed by atoms with van der Waals surface area (Å²) in [6.07, 6.45) is 0.131. The van der Waals surface area contributed by atoms with E-state index in [1.54, 1.807) is 13.0 Å². The number of hydroxylamine groups is 1. The van der Waals surface area contributed by atoms with E-state index in [-0.39, 0.29) is 30.3 Å². The number of ether oxygens (including phenoxy) is 2. The first-order valence-electron chi connectivity index (χ1n) is 9.67. The Morgan fingerprint density at radius 1 is 1.29 bits per heavy atom. The number of hydrogen-bond donors (Lipinski definition) is 3. The van der Waals surface area contributed by atoms with Crippen molar-refractivity contribution in [2.45, 2.75) is 35.7 Å². The molecule has 2 unspecified atom stereocenters. The molecule has 1 fully saturated rings. The summed E-state index contributed by atoms with van der Waals surface area (Å²) in [5.74, 6) is -0.805. The van der Waals surface area contributed by atoms with Crippen molar-refractivity contribution in [1.82, 2.24) is 10.8 Å². The minimum atomic E-state index is -3.97. The fourth-order valence-corrected chi connectivity index (χ4v) is 5.81. The van der Waals surface area contributed by atoms with Gasteiger partial charge in [0.1, 0.15) is 23.4 Å². The Morgan fingerprint density at radius 3 is 2.61 bits per heavy atom. The number of amides is 1. The fourth-order valence-electron chi connectivity index (χ4n) is 3.75. The molecule has 0 aromatic heterocycles. The molecule has 8 nitrogen and oxygen atoms in total. The third-order valence-electron chi connectivity index (χ3n) is 5.57. The molecule has 1 saturated heterocycles. The van der Waals surface area contributed by atoms with E-state index >= 15 is 0 Å². The molecular weight excluding hydrogens is 427 g/mol. The molecule has 2 atom stereocenters. The predicted octanol–water partition coefficient (Wildman–Crippen LogP) is 1.74. The van der Waals surface area contributed by atoms with Crippen LogP contribution in [0.1, 0.15) is 17.5 Å². The topological polar surface area (TPSA) is 114 Å². The highest BCUT2D eigenvalue weighted by Gasteiger charge is 2.54. The minimum absolute atomic E-state index is 0.0110. The van der Waals surface area contributed by atoms with Gasteiger partial charge in [0.25, 0.3) is 5.91 Å². The number of carbonyl (C=O) groups is 1. The monoisotopic (exact) mass is 452 g/mol. The van der Waals surface area contributed by atoms with Crippen LogP contribution in [0.5, 0.6) is 5.75 Å². The van der Waals surface area contributed by atoms with Crippen LogP contribution in [0.3, 0.4) is 0 Å². The Balaban J connectivity index is 1.80. The van der Waals surface area contributed by atoms with E-state index in [2.05, 4.69) is 5.32 Å². The van der Waals surface area contributed by atoms with Crippen molar-refractivity contribution in [1.29, 1.82) is 0 Å². The van der Waals surface area contributed by atoms with Gasteiger partial charge in [-0.05, 0) is 67.4 Å². The summed E-state index contributed by atoms with van der Waals surface area (Å²) in [7, 11) is -2.73. The van der Waals surface area contributed by atoms with Crippen molar-refractivity contribution in [3.63, 3.8) is 0 Å². The molecule has 0 bridgehead atoms. The molecule has 1 heterocycles. The second kappa shape index (κ2) is 9.31. The van der Waals surface area contributed by atoms with E-state index in [4.69, 9.17) is 14.7 Å². The lowest BCUT2D eigenvalue weighted by molar-refractivity contribution is -0.153. The molecule has 1 aliphatic heterocycles. The summed E-state index contributed by atoms with van der Waals surface area (Å²) in [4.78, 5) is 12.3. The van der Waals surface area contributed by atoms with Gasteiger partial charge >= 0.3 is 0 Å². The fraction of sp³-hybridized carbons (Fsp3) is 0.381. The largest absolute Gasteiger partial charge is 0.489 e. The second-order valence-corrected chi connectivity index (χ2v) is 9.49. The predicted molar refractivity (Wildman–Crippen MR) is 110 cm³/mol. The van der Waals surface area contributed by atoms with E-state index in [1.165, 1.54) is 49.0 Å². The van der Waals surface area contributed by atoms with Crippen molar-refractivity contribution in [2.24, 2.45) is 0 Å². The summed E-state index contributed by atoms with van der Waals surface area (Å²) < 4.78 is 50.8. The zero-order valence-corrected chi connectivity index (χ0v) is 18.0. The normalized spacial score (nSPS) is 21.5. The van der Waals surface area contributed by atoms with Gasteiger partial charge in [0.2, 0.25) is 0 Å². The van der Waals surface area contributed by atoms with Gasteiger partial charge < -0.3 is 14.8 Å². The SMILES string of the molecule is COC1(C(=O)NO)CNCCC1S(=O)(=O)c1ccc(OCc2ccc(F)cc2C)cc1. The number of piperidine rings is 1. The number of benzene rings is 2. The van der Waals surface area contributed by atoms with Crippen LogP contribution in [-0.4, -0.2) is 50.6 Å². The van der Waals surface area contributed by atoms with Crippen LogP contribution in [0.25, 0.3) is 0 Å². The lowest BCUT2D eigenvalue weighted by Gasteiger charge is -2.40. The maximum Gasteiger partial charge on any atom is 0.278 e. The third-order valence-corrected chi connectivity index (χ3v) is 7.86. The van der Waals surface area contributed by atoms with Gasteiger partial charge in [0.05, 0.1) is 4.90 Å². The van der Waals surface area contributed by atoms with Gasteiger partial charge in [-0.2, -0.15) is 0 Å². The number of halogens is 1. The Labute approximate surface area is 180 Å². The van der Waals surface area contributed by atoms with Crippen LogP contribution in [-0.2, 0) is 26.0 Å². The Hall–Kier alpha value is -2.53. The highest BCUT2D eigenvalue weighted by Crippen LogP contribution is 2.32. The average Bonchev–Trinajstić information content (AvgIpc) is 2.78. The third kappa shape index (κ3) is 4.57. The minimum Gasteiger partial charge on any atom is -0.489 e. The smallest absolute Gasteiger partial charge is 0.278 e. The summed E-state index contributed by atoms with van der Waals surface area (Å²) in [5, 5.41) is 10.9. The number of sulfone groups is 1. The Kier molecular flexibility index (Phi) is 6.95. The molecule has 2 aromatic rings. The van der Waals surface area contributed by atoms with E-state index in [9.17, 15) is 17.6 Å². The molecule has 3 N–H and O–H groups in total.